The highest BCUT2D eigenvalue weighted by molar-refractivity contribution is 6.30. The van der Waals surface area contributed by atoms with Crippen molar-refractivity contribution >= 4 is 34.9 Å². The molecule has 0 aliphatic rings. The van der Waals surface area contributed by atoms with Crippen LogP contribution in [0.1, 0.15) is 44.4 Å². The molecule has 3 rings (SSSR count). The number of hydrogen-bond acceptors (Lipinski definition) is 4. The molecule has 152 valence electrons. The maximum Gasteiger partial charge on any atom is 0.338 e. The summed E-state index contributed by atoms with van der Waals surface area (Å²) in [5, 5.41) is 3.27. The maximum absolute atomic E-state index is 12.6. The zero-order chi connectivity index (χ0) is 21.5. The lowest BCUT2D eigenvalue weighted by atomic mass is 10.0. The molecular formula is C24H20ClNO4. The minimum Gasteiger partial charge on any atom is -0.450 e. The second-order valence-corrected chi connectivity index (χ2v) is 7.01. The van der Waals surface area contributed by atoms with Gasteiger partial charge in [-0.2, -0.15) is 0 Å². The molecule has 0 saturated carbocycles. The summed E-state index contributed by atoms with van der Waals surface area (Å²) in [6.45, 7) is 1.78. The number of rotatable bonds is 7. The molecule has 0 bridgehead atoms. The molecule has 1 atom stereocenters. The number of halogens is 1. The number of anilines is 1. The van der Waals surface area contributed by atoms with Crippen LogP contribution in [-0.4, -0.2) is 23.8 Å². The summed E-state index contributed by atoms with van der Waals surface area (Å²) in [4.78, 5) is 37.5. The average molecular weight is 422 g/mol. The maximum atomic E-state index is 12.6. The zero-order valence-electron chi connectivity index (χ0n) is 16.3. The van der Waals surface area contributed by atoms with E-state index < -0.39 is 12.1 Å². The first kappa shape index (κ1) is 21.3. The van der Waals surface area contributed by atoms with Gasteiger partial charge in [0.05, 0.1) is 5.56 Å². The Morgan fingerprint density at radius 1 is 0.867 bits per heavy atom. The van der Waals surface area contributed by atoms with Crippen LogP contribution in [0.3, 0.4) is 0 Å². The Labute approximate surface area is 179 Å². The van der Waals surface area contributed by atoms with Gasteiger partial charge < -0.3 is 10.1 Å². The smallest absolute Gasteiger partial charge is 0.338 e. The van der Waals surface area contributed by atoms with Crippen LogP contribution >= 0.6 is 11.6 Å². The van der Waals surface area contributed by atoms with Crippen LogP contribution in [0.25, 0.3) is 0 Å². The van der Waals surface area contributed by atoms with Crippen molar-refractivity contribution in [2.24, 2.45) is 0 Å². The Kier molecular flexibility index (Phi) is 6.99. The summed E-state index contributed by atoms with van der Waals surface area (Å²) >= 11 is 5.84. The molecule has 1 amide bonds. The fraction of sp³-hybridized carbons (Fsp3) is 0.125. The van der Waals surface area contributed by atoms with Crippen molar-refractivity contribution in [2.45, 2.75) is 19.4 Å². The molecule has 0 saturated heterocycles. The highest BCUT2D eigenvalue weighted by atomic mass is 35.5. The molecule has 0 aromatic heterocycles. The molecule has 0 radical (unpaired) electrons. The fourth-order valence-corrected chi connectivity index (χ4v) is 2.96. The fourth-order valence-electron chi connectivity index (χ4n) is 2.84. The predicted molar refractivity (Wildman–Crippen MR) is 116 cm³/mol. The Morgan fingerprint density at radius 2 is 1.53 bits per heavy atom. The Morgan fingerprint density at radius 3 is 2.20 bits per heavy atom. The molecule has 0 spiro atoms. The van der Waals surface area contributed by atoms with Gasteiger partial charge in [0.25, 0.3) is 5.91 Å². The summed E-state index contributed by atoms with van der Waals surface area (Å²) in [6.07, 6.45) is -0.529. The van der Waals surface area contributed by atoms with E-state index in [9.17, 15) is 14.4 Å². The number of esters is 1. The number of hydrogen-bond donors (Lipinski definition) is 1. The molecule has 0 aliphatic carbocycles. The van der Waals surface area contributed by atoms with Crippen LogP contribution in [0, 0.1) is 0 Å². The van der Waals surface area contributed by atoms with E-state index in [4.69, 9.17) is 16.3 Å². The van der Waals surface area contributed by atoms with E-state index in [1.165, 1.54) is 6.07 Å². The Hall–Kier alpha value is -3.44. The van der Waals surface area contributed by atoms with E-state index in [1.54, 1.807) is 73.7 Å². The lowest BCUT2D eigenvalue weighted by molar-refractivity contribution is 0.0277. The van der Waals surface area contributed by atoms with Gasteiger partial charge >= 0.3 is 5.97 Å². The monoisotopic (exact) mass is 421 g/mol. The van der Waals surface area contributed by atoms with E-state index in [2.05, 4.69) is 5.32 Å². The normalized spacial score (nSPS) is 11.4. The van der Waals surface area contributed by atoms with Crippen molar-refractivity contribution in [2.75, 3.05) is 5.32 Å². The summed E-state index contributed by atoms with van der Waals surface area (Å²) in [5.74, 6) is -1.21. The zero-order valence-corrected chi connectivity index (χ0v) is 17.1. The van der Waals surface area contributed by atoms with Crippen LogP contribution in [0.4, 0.5) is 5.69 Å². The van der Waals surface area contributed by atoms with Crippen molar-refractivity contribution < 1.29 is 19.1 Å². The molecule has 1 N–H and O–H groups in total. The van der Waals surface area contributed by atoms with E-state index in [-0.39, 0.29) is 17.3 Å². The summed E-state index contributed by atoms with van der Waals surface area (Å²) in [5.41, 5.74) is 1.60. The van der Waals surface area contributed by atoms with Crippen LogP contribution in [-0.2, 0) is 4.74 Å². The number of Topliss-reactive ketones (excluding diaryl/α,β-unsaturated/α-hetero) is 1. The van der Waals surface area contributed by atoms with Gasteiger partial charge in [0, 0.05) is 21.8 Å². The minimum atomic E-state index is -0.882. The first-order chi connectivity index (χ1) is 14.5. The second-order valence-electron chi connectivity index (χ2n) is 6.57. The average Bonchev–Trinajstić information content (AvgIpc) is 2.78. The SMILES string of the molecule is CC[C@H](OC(=O)c1cccc(NC(=O)c2ccc(Cl)cc2)c1)C(=O)c1ccccc1. The number of carbonyl (C=O) groups is 3. The third-order valence-corrected chi connectivity index (χ3v) is 4.69. The number of nitrogens with one attached hydrogen (secondary N) is 1. The highest BCUT2D eigenvalue weighted by Crippen LogP contribution is 2.17. The van der Waals surface area contributed by atoms with Crippen molar-refractivity contribution in [1.29, 1.82) is 0 Å². The van der Waals surface area contributed by atoms with Crippen molar-refractivity contribution in [3.05, 3.63) is 101 Å². The van der Waals surface area contributed by atoms with Crippen molar-refractivity contribution in [3.63, 3.8) is 0 Å². The molecule has 3 aromatic carbocycles. The van der Waals surface area contributed by atoms with Gasteiger partial charge in [0.15, 0.2) is 6.10 Å². The summed E-state index contributed by atoms with van der Waals surface area (Å²) in [7, 11) is 0. The van der Waals surface area contributed by atoms with Gasteiger partial charge in [-0.1, -0.05) is 54.9 Å². The third-order valence-electron chi connectivity index (χ3n) is 4.43. The predicted octanol–water partition coefficient (Wildman–Crippen LogP) is 5.41. The number of ketones is 1. The standard InChI is InChI=1S/C24H20ClNO4/c1-2-21(22(27)16-7-4-3-5-8-16)30-24(29)18-9-6-10-20(15-18)26-23(28)17-11-13-19(25)14-12-17/h3-15,21H,2H2,1H3,(H,26,28)/t21-/m0/s1. The number of amides is 1. The van der Waals surface area contributed by atoms with Gasteiger partial charge in [-0.3, -0.25) is 9.59 Å². The Balaban J connectivity index is 1.69. The van der Waals surface area contributed by atoms with E-state index in [0.29, 0.717) is 28.3 Å². The molecule has 0 fully saturated rings. The molecule has 30 heavy (non-hydrogen) atoms. The molecule has 0 unspecified atom stereocenters. The minimum absolute atomic E-state index is 0.239. The number of ether oxygens (including phenoxy) is 1. The third kappa shape index (κ3) is 5.33. The van der Waals surface area contributed by atoms with Crippen molar-refractivity contribution in [1.82, 2.24) is 0 Å². The Bertz CT molecular complexity index is 1050. The molecule has 5 nitrogen and oxygen atoms in total. The first-order valence-electron chi connectivity index (χ1n) is 9.45. The largest absolute Gasteiger partial charge is 0.450 e. The molecule has 3 aromatic rings. The van der Waals surface area contributed by atoms with Gasteiger partial charge in [0.1, 0.15) is 0 Å². The first-order valence-corrected chi connectivity index (χ1v) is 9.83. The summed E-state index contributed by atoms with van der Waals surface area (Å²) < 4.78 is 5.44. The van der Waals surface area contributed by atoms with Gasteiger partial charge in [-0.15, -0.1) is 0 Å². The molecule has 0 heterocycles. The van der Waals surface area contributed by atoms with Crippen LogP contribution in [0.2, 0.25) is 5.02 Å². The molecular weight excluding hydrogens is 402 g/mol. The van der Waals surface area contributed by atoms with Crippen LogP contribution < -0.4 is 5.32 Å². The second kappa shape index (κ2) is 9.85. The lowest BCUT2D eigenvalue weighted by Gasteiger charge is -2.15. The number of benzene rings is 3. The molecule has 0 aliphatic heterocycles. The topological polar surface area (TPSA) is 72.5 Å². The molecule has 6 heteroatoms. The van der Waals surface area contributed by atoms with Gasteiger partial charge in [-0.05, 0) is 48.9 Å². The quantitative estimate of drug-likeness (QED) is 0.409. The van der Waals surface area contributed by atoms with Crippen LogP contribution in [0.15, 0.2) is 78.9 Å². The van der Waals surface area contributed by atoms with E-state index in [1.807, 2.05) is 6.07 Å². The van der Waals surface area contributed by atoms with Crippen molar-refractivity contribution in [3.8, 4) is 0 Å². The van der Waals surface area contributed by atoms with E-state index >= 15 is 0 Å². The van der Waals surface area contributed by atoms with Crippen LogP contribution in [0.5, 0.6) is 0 Å². The lowest BCUT2D eigenvalue weighted by Crippen LogP contribution is -2.27. The highest BCUT2D eigenvalue weighted by Gasteiger charge is 2.23. The van der Waals surface area contributed by atoms with E-state index in [0.717, 1.165) is 0 Å². The van der Waals surface area contributed by atoms with Gasteiger partial charge in [-0.25, -0.2) is 4.79 Å². The number of carbonyl (C=O) groups excluding carboxylic acids is 3. The summed E-state index contributed by atoms with van der Waals surface area (Å²) in [6, 6.07) is 21.5. The van der Waals surface area contributed by atoms with Gasteiger partial charge in [0.2, 0.25) is 5.78 Å².